The number of hydrogen-bond donors (Lipinski definition) is 3. The van der Waals surface area contributed by atoms with E-state index >= 15 is 0 Å². The lowest BCUT2D eigenvalue weighted by Gasteiger charge is -2.40. The van der Waals surface area contributed by atoms with Crippen LogP contribution >= 0.6 is 0 Å². The molecule has 3 rings (SSSR count). The highest BCUT2D eigenvalue weighted by Gasteiger charge is 2.31. The van der Waals surface area contributed by atoms with Crippen molar-refractivity contribution in [3.05, 3.63) is 17.0 Å². The molecule has 0 saturated carbocycles. The molecule has 1 aromatic heterocycles. The van der Waals surface area contributed by atoms with Crippen LogP contribution in [0.1, 0.15) is 35.6 Å². The van der Waals surface area contributed by atoms with Gasteiger partial charge in [-0.1, -0.05) is 0 Å². The van der Waals surface area contributed by atoms with Crippen molar-refractivity contribution in [2.45, 2.75) is 39.0 Å². The number of H-pyrrole nitrogens is 1. The highest BCUT2D eigenvalue weighted by atomic mass is 16.3. The average Bonchev–Trinajstić information content (AvgIpc) is 2.92. The molecule has 0 aromatic carbocycles. The van der Waals surface area contributed by atoms with Gasteiger partial charge in [0.05, 0.1) is 6.10 Å². The minimum absolute atomic E-state index is 0.0183. The summed E-state index contributed by atoms with van der Waals surface area (Å²) in [5.74, 6) is 0.0183. The van der Waals surface area contributed by atoms with E-state index < -0.39 is 0 Å². The first kappa shape index (κ1) is 15.5. The van der Waals surface area contributed by atoms with Crippen molar-refractivity contribution < 1.29 is 9.90 Å². The Kier molecular flexibility index (Phi) is 4.46. The van der Waals surface area contributed by atoms with Crippen LogP contribution in [0, 0.1) is 0 Å². The van der Waals surface area contributed by atoms with Crippen molar-refractivity contribution >= 4 is 5.91 Å². The number of nitrogens with one attached hydrogen (secondary N) is 2. The monoisotopic (exact) mass is 307 g/mol. The molecule has 7 heteroatoms. The second kappa shape index (κ2) is 6.36. The predicted molar refractivity (Wildman–Crippen MR) is 82.6 cm³/mol. The van der Waals surface area contributed by atoms with Gasteiger partial charge in [-0.15, -0.1) is 0 Å². The van der Waals surface area contributed by atoms with Crippen molar-refractivity contribution in [3.8, 4) is 0 Å². The number of aliphatic hydroxyl groups is 1. The Bertz CT molecular complexity index is 542. The van der Waals surface area contributed by atoms with Crippen molar-refractivity contribution in [1.82, 2.24) is 25.3 Å². The summed E-state index contributed by atoms with van der Waals surface area (Å²) in [6.45, 7) is 8.36. The lowest BCUT2D eigenvalue weighted by atomic mass is 10.1. The molecule has 7 nitrogen and oxygen atoms in total. The van der Waals surface area contributed by atoms with Crippen molar-refractivity contribution in [2.75, 3.05) is 32.7 Å². The maximum atomic E-state index is 12.8. The van der Waals surface area contributed by atoms with Crippen LogP contribution in [0.25, 0.3) is 0 Å². The molecule has 22 heavy (non-hydrogen) atoms. The van der Waals surface area contributed by atoms with Crippen LogP contribution in [0.4, 0.5) is 0 Å². The molecular weight excluding hydrogens is 282 g/mol. The number of piperazine rings is 1. The Morgan fingerprint density at radius 3 is 3.05 bits per heavy atom. The number of rotatable bonds is 3. The summed E-state index contributed by atoms with van der Waals surface area (Å²) in [4.78, 5) is 16.9. The third-order valence-corrected chi connectivity index (χ3v) is 4.56. The number of amides is 1. The van der Waals surface area contributed by atoms with Crippen molar-refractivity contribution in [1.29, 1.82) is 0 Å². The van der Waals surface area contributed by atoms with E-state index in [2.05, 4.69) is 27.3 Å². The van der Waals surface area contributed by atoms with E-state index in [-0.39, 0.29) is 18.1 Å². The largest absolute Gasteiger partial charge is 0.392 e. The third kappa shape index (κ3) is 3.02. The molecule has 2 aliphatic rings. The molecule has 1 fully saturated rings. The smallest absolute Gasteiger partial charge is 0.274 e. The van der Waals surface area contributed by atoms with Gasteiger partial charge in [-0.3, -0.25) is 14.8 Å². The standard InChI is InChI=1S/C15H25N5O2/c1-10-8-20(6-5-19(10)9-11(2)21)15(22)14-12-7-16-4-3-13(12)17-18-14/h10-11,16,21H,3-9H2,1-2H3,(H,17,18). The molecule has 0 spiro atoms. The van der Waals surface area contributed by atoms with Crippen LogP contribution in [-0.2, 0) is 13.0 Å². The average molecular weight is 307 g/mol. The summed E-state index contributed by atoms with van der Waals surface area (Å²) in [5, 5.41) is 20.1. The lowest BCUT2D eigenvalue weighted by Crippen LogP contribution is -2.55. The summed E-state index contributed by atoms with van der Waals surface area (Å²) >= 11 is 0. The second-order valence-corrected chi connectivity index (χ2v) is 6.40. The Morgan fingerprint density at radius 1 is 1.50 bits per heavy atom. The normalized spacial score (nSPS) is 24.1. The van der Waals surface area contributed by atoms with Crippen LogP contribution in [-0.4, -0.2) is 75.9 Å². The number of β-amino-alcohol motifs (C(OH)–C–C–N with tert-alkyl or cyclic N) is 1. The van der Waals surface area contributed by atoms with E-state index in [1.165, 1.54) is 0 Å². The zero-order valence-electron chi connectivity index (χ0n) is 13.3. The Labute approximate surface area is 130 Å². The van der Waals surface area contributed by atoms with E-state index in [0.29, 0.717) is 31.9 Å². The van der Waals surface area contributed by atoms with Gasteiger partial charge >= 0.3 is 0 Å². The molecule has 0 aliphatic carbocycles. The first-order valence-electron chi connectivity index (χ1n) is 8.04. The van der Waals surface area contributed by atoms with Crippen molar-refractivity contribution in [2.24, 2.45) is 0 Å². The Hall–Kier alpha value is -1.44. The summed E-state index contributed by atoms with van der Waals surface area (Å²) < 4.78 is 0. The maximum absolute atomic E-state index is 12.8. The van der Waals surface area contributed by atoms with Crippen molar-refractivity contribution in [3.63, 3.8) is 0 Å². The SMILES string of the molecule is CC(O)CN1CCN(C(=O)c2n[nH]c3c2CNCC3)CC1C. The van der Waals surface area contributed by atoms with E-state index in [0.717, 1.165) is 30.8 Å². The van der Waals surface area contributed by atoms with Gasteiger partial charge < -0.3 is 15.3 Å². The Morgan fingerprint density at radius 2 is 2.32 bits per heavy atom. The molecule has 0 bridgehead atoms. The minimum atomic E-state index is -0.339. The molecule has 2 atom stereocenters. The van der Waals surface area contributed by atoms with Crippen LogP contribution < -0.4 is 5.32 Å². The predicted octanol–water partition coefficient (Wildman–Crippen LogP) is -0.417. The number of fused-ring (bicyclic) bond motifs is 1. The fraction of sp³-hybridized carbons (Fsp3) is 0.733. The molecule has 2 aliphatic heterocycles. The van der Waals surface area contributed by atoms with Crippen LogP contribution in [0.15, 0.2) is 0 Å². The van der Waals surface area contributed by atoms with E-state index in [1.54, 1.807) is 6.92 Å². The summed E-state index contributed by atoms with van der Waals surface area (Å²) in [6.07, 6.45) is 0.558. The quantitative estimate of drug-likeness (QED) is 0.706. The number of aliphatic hydroxyl groups excluding tert-OH is 1. The van der Waals surface area contributed by atoms with E-state index in [4.69, 9.17) is 0 Å². The highest BCUT2D eigenvalue weighted by Crippen LogP contribution is 2.19. The number of carbonyl (C=O) groups excluding carboxylic acids is 1. The Balaban J connectivity index is 1.68. The van der Waals surface area contributed by atoms with Crippen LogP contribution in [0.3, 0.4) is 0 Å². The lowest BCUT2D eigenvalue weighted by molar-refractivity contribution is 0.0360. The first-order chi connectivity index (χ1) is 10.6. The fourth-order valence-corrected chi connectivity index (χ4v) is 3.34. The maximum Gasteiger partial charge on any atom is 0.274 e. The number of nitrogens with zero attached hydrogens (tertiary/aromatic N) is 3. The summed E-state index contributed by atoms with van der Waals surface area (Å²) in [7, 11) is 0. The molecular formula is C15H25N5O2. The van der Waals surface area contributed by atoms with Gasteiger partial charge in [0.1, 0.15) is 0 Å². The molecule has 0 radical (unpaired) electrons. The number of aromatic nitrogens is 2. The number of aromatic amines is 1. The van der Waals surface area contributed by atoms with Gasteiger partial charge in [-0.25, -0.2) is 0 Å². The van der Waals surface area contributed by atoms with Gasteiger partial charge in [-0.2, -0.15) is 5.10 Å². The molecule has 3 N–H and O–H groups in total. The first-order valence-corrected chi connectivity index (χ1v) is 8.04. The zero-order valence-corrected chi connectivity index (χ0v) is 13.3. The molecule has 3 heterocycles. The van der Waals surface area contributed by atoms with E-state index in [1.807, 2.05) is 4.90 Å². The minimum Gasteiger partial charge on any atom is -0.392 e. The van der Waals surface area contributed by atoms with E-state index in [9.17, 15) is 9.90 Å². The summed E-state index contributed by atoms with van der Waals surface area (Å²) in [6, 6.07) is 0.250. The third-order valence-electron chi connectivity index (χ3n) is 4.56. The van der Waals surface area contributed by atoms with Gasteiger partial charge in [0.25, 0.3) is 5.91 Å². The summed E-state index contributed by atoms with van der Waals surface area (Å²) in [5.41, 5.74) is 2.68. The van der Waals surface area contributed by atoms with Crippen LogP contribution in [0.5, 0.6) is 0 Å². The topological polar surface area (TPSA) is 84.5 Å². The highest BCUT2D eigenvalue weighted by molar-refractivity contribution is 5.94. The van der Waals surface area contributed by atoms with Gasteiger partial charge in [0.2, 0.25) is 0 Å². The molecule has 122 valence electrons. The second-order valence-electron chi connectivity index (χ2n) is 6.40. The fourth-order valence-electron chi connectivity index (χ4n) is 3.34. The number of hydrogen-bond acceptors (Lipinski definition) is 5. The van der Waals surface area contributed by atoms with Crippen LogP contribution in [0.2, 0.25) is 0 Å². The molecule has 1 saturated heterocycles. The number of carbonyl (C=O) groups is 1. The molecule has 2 unspecified atom stereocenters. The van der Waals surface area contributed by atoms with Gasteiger partial charge in [0, 0.05) is 63.0 Å². The zero-order chi connectivity index (χ0) is 15.7. The van der Waals surface area contributed by atoms with Gasteiger partial charge in [0.15, 0.2) is 5.69 Å². The van der Waals surface area contributed by atoms with Gasteiger partial charge in [-0.05, 0) is 13.8 Å². The molecule has 1 aromatic rings. The molecule has 1 amide bonds.